The number of thioether (sulfide) groups is 2. The fourth-order valence-electron chi connectivity index (χ4n) is 8.10. The van der Waals surface area contributed by atoms with Crippen molar-refractivity contribution in [2.75, 3.05) is 38.9 Å². The molecule has 1 aliphatic carbocycles. The number of ether oxygens (including phenoxy) is 2. The van der Waals surface area contributed by atoms with Crippen molar-refractivity contribution in [1.82, 2.24) is 4.90 Å². The van der Waals surface area contributed by atoms with Crippen molar-refractivity contribution in [1.29, 1.82) is 0 Å². The lowest BCUT2D eigenvalue weighted by Crippen LogP contribution is -2.68. The van der Waals surface area contributed by atoms with Gasteiger partial charge in [-0.15, -0.1) is 23.5 Å². The van der Waals surface area contributed by atoms with E-state index in [9.17, 15) is 0 Å². The molecular formula is C38H49NO3S2Si. The molecule has 0 bridgehead atoms. The highest BCUT2D eigenvalue weighted by molar-refractivity contribution is 8.21. The minimum atomic E-state index is -2.71. The summed E-state index contributed by atoms with van der Waals surface area (Å²) in [5.74, 6) is 4.61. The van der Waals surface area contributed by atoms with Gasteiger partial charge in [0.15, 0.2) is 0 Å². The fourth-order valence-corrected chi connectivity index (χ4v) is 15.9. The van der Waals surface area contributed by atoms with Gasteiger partial charge in [-0.3, -0.25) is 4.90 Å². The molecule has 0 radical (unpaired) electrons. The normalized spacial score (nSPS) is 20.3. The average molecular weight is 660 g/mol. The number of nitrogens with zero attached hydrogens (tertiary/aromatic N) is 1. The lowest BCUT2D eigenvalue weighted by Gasteiger charge is -2.51. The maximum absolute atomic E-state index is 7.65. The smallest absolute Gasteiger partial charge is 0.261 e. The van der Waals surface area contributed by atoms with Crippen molar-refractivity contribution in [3.63, 3.8) is 0 Å². The van der Waals surface area contributed by atoms with Crippen LogP contribution in [0.5, 0.6) is 5.75 Å². The van der Waals surface area contributed by atoms with Gasteiger partial charge in [0.1, 0.15) is 11.5 Å². The molecule has 0 N–H and O–H groups in total. The number of rotatable bonds is 10. The van der Waals surface area contributed by atoms with E-state index in [1.807, 2.05) is 7.11 Å². The second kappa shape index (κ2) is 13.5. The molecule has 240 valence electrons. The Hall–Kier alpha value is -2.16. The van der Waals surface area contributed by atoms with Crippen LogP contribution in [0.25, 0.3) is 0 Å². The van der Waals surface area contributed by atoms with Crippen molar-refractivity contribution >= 4 is 42.2 Å². The molecule has 1 saturated heterocycles. The first-order valence-corrected chi connectivity index (χ1v) is 20.3. The van der Waals surface area contributed by atoms with Crippen LogP contribution in [-0.4, -0.2) is 67.8 Å². The predicted molar refractivity (Wildman–Crippen MR) is 195 cm³/mol. The molecule has 0 unspecified atom stereocenters. The van der Waals surface area contributed by atoms with Gasteiger partial charge in [0, 0.05) is 24.1 Å². The predicted octanol–water partition coefficient (Wildman–Crippen LogP) is 7.52. The van der Waals surface area contributed by atoms with E-state index in [4.69, 9.17) is 13.9 Å². The van der Waals surface area contributed by atoms with Gasteiger partial charge in [0.25, 0.3) is 8.32 Å². The van der Waals surface area contributed by atoms with Gasteiger partial charge >= 0.3 is 0 Å². The lowest BCUT2D eigenvalue weighted by molar-refractivity contribution is 0.0123. The van der Waals surface area contributed by atoms with E-state index >= 15 is 0 Å². The Balaban J connectivity index is 1.39. The minimum Gasteiger partial charge on any atom is -0.499 e. The van der Waals surface area contributed by atoms with Gasteiger partial charge in [-0.05, 0) is 71.3 Å². The summed E-state index contributed by atoms with van der Waals surface area (Å²) in [7, 11) is 0.898. The Morgan fingerprint density at radius 2 is 1.36 bits per heavy atom. The van der Waals surface area contributed by atoms with Crippen molar-refractivity contribution < 1.29 is 13.9 Å². The minimum absolute atomic E-state index is 0.0762. The third kappa shape index (κ3) is 6.28. The van der Waals surface area contributed by atoms with Gasteiger partial charge in [-0.2, -0.15) is 0 Å². The molecule has 6 rings (SSSR count). The molecule has 45 heavy (non-hydrogen) atoms. The molecule has 0 amide bonds. The summed E-state index contributed by atoms with van der Waals surface area (Å²) in [5.41, 5.74) is 1.22. The van der Waals surface area contributed by atoms with Gasteiger partial charge < -0.3 is 13.9 Å². The zero-order valence-electron chi connectivity index (χ0n) is 27.6. The van der Waals surface area contributed by atoms with Crippen LogP contribution >= 0.6 is 23.5 Å². The summed E-state index contributed by atoms with van der Waals surface area (Å²) in [6.07, 6.45) is 7.98. The van der Waals surface area contributed by atoms with Gasteiger partial charge in [0.05, 0.1) is 30.4 Å². The zero-order chi connectivity index (χ0) is 31.5. The topological polar surface area (TPSA) is 30.9 Å². The largest absolute Gasteiger partial charge is 0.499 e. The standard InChI is InChI=1S/C38H49NO3S2Si/c1-36(2,3)45(33-12-8-6-9-13-33,34-14-10-7-11-15-34)42-29-31(28-30-16-18-32(40-4)19-17-30)39-25-20-35(41-5)37(39)21-23-38(24-22-37)43-26-27-44-38/h6-20,31H,21-29H2,1-5H3/t31-/m0/s1. The molecule has 3 aromatic carbocycles. The molecule has 3 aromatic rings. The molecular weight excluding hydrogens is 611 g/mol. The van der Waals surface area contributed by atoms with E-state index in [1.165, 1.54) is 40.3 Å². The fraction of sp³-hybridized carbons (Fsp3) is 0.474. The zero-order valence-corrected chi connectivity index (χ0v) is 30.2. The van der Waals surface area contributed by atoms with E-state index in [0.29, 0.717) is 10.7 Å². The molecule has 1 atom stereocenters. The third-order valence-electron chi connectivity index (χ3n) is 10.3. The highest BCUT2D eigenvalue weighted by Crippen LogP contribution is 2.58. The second-order valence-electron chi connectivity index (χ2n) is 13.7. The Kier molecular flexibility index (Phi) is 9.84. The van der Waals surface area contributed by atoms with E-state index in [0.717, 1.165) is 37.3 Å². The van der Waals surface area contributed by atoms with E-state index in [-0.39, 0.29) is 16.6 Å². The molecule has 2 fully saturated rings. The Morgan fingerprint density at radius 1 is 0.778 bits per heavy atom. The molecule has 2 spiro atoms. The van der Waals surface area contributed by atoms with Crippen molar-refractivity contribution in [3.8, 4) is 5.75 Å². The number of hydrogen-bond acceptors (Lipinski definition) is 6. The number of hydrogen-bond donors (Lipinski definition) is 0. The van der Waals surface area contributed by atoms with E-state index in [1.54, 1.807) is 7.11 Å². The maximum atomic E-state index is 7.65. The summed E-state index contributed by atoms with van der Waals surface area (Å²) in [5, 5.41) is 2.58. The van der Waals surface area contributed by atoms with E-state index < -0.39 is 8.32 Å². The van der Waals surface area contributed by atoms with E-state index in [2.05, 4.69) is 140 Å². The van der Waals surface area contributed by atoms with Crippen LogP contribution in [-0.2, 0) is 15.6 Å². The summed E-state index contributed by atoms with van der Waals surface area (Å²) >= 11 is 4.39. The van der Waals surface area contributed by atoms with Gasteiger partial charge in [0.2, 0.25) is 0 Å². The van der Waals surface area contributed by atoms with Crippen LogP contribution in [0.3, 0.4) is 0 Å². The van der Waals surface area contributed by atoms with Gasteiger partial charge in [-0.25, -0.2) is 0 Å². The van der Waals surface area contributed by atoms with Crippen LogP contribution < -0.4 is 15.1 Å². The first kappa shape index (κ1) is 32.8. The average Bonchev–Trinajstić information content (AvgIpc) is 3.67. The first-order valence-electron chi connectivity index (χ1n) is 16.4. The van der Waals surface area contributed by atoms with Crippen molar-refractivity contribution in [3.05, 3.63) is 102 Å². The molecule has 0 aromatic heterocycles. The van der Waals surface area contributed by atoms with Crippen molar-refractivity contribution in [2.45, 2.75) is 73.6 Å². The molecule has 1 saturated carbocycles. The lowest BCUT2D eigenvalue weighted by atomic mass is 9.78. The Labute approximate surface area is 280 Å². The monoisotopic (exact) mass is 659 g/mol. The van der Waals surface area contributed by atoms with Crippen molar-refractivity contribution in [2.24, 2.45) is 0 Å². The molecule has 2 aliphatic heterocycles. The number of methoxy groups -OCH3 is 2. The number of benzene rings is 3. The van der Waals surface area contributed by atoms with Crippen LogP contribution in [0.4, 0.5) is 0 Å². The van der Waals surface area contributed by atoms with Crippen LogP contribution in [0, 0.1) is 0 Å². The quantitative estimate of drug-likeness (QED) is 0.209. The molecule has 4 nitrogen and oxygen atoms in total. The van der Waals surface area contributed by atoms with Crippen LogP contribution in [0.1, 0.15) is 52.0 Å². The highest BCUT2D eigenvalue weighted by Gasteiger charge is 2.55. The molecule has 2 heterocycles. The summed E-state index contributed by atoms with van der Waals surface area (Å²) < 4.78 is 19.8. The maximum Gasteiger partial charge on any atom is 0.261 e. The second-order valence-corrected chi connectivity index (χ2v) is 21.3. The summed E-state index contributed by atoms with van der Waals surface area (Å²) in [6, 6.07) is 30.9. The van der Waals surface area contributed by atoms with Crippen LogP contribution in [0.2, 0.25) is 5.04 Å². The third-order valence-corrected chi connectivity index (χ3v) is 19.0. The first-order chi connectivity index (χ1) is 21.8. The molecule has 3 aliphatic rings. The van der Waals surface area contributed by atoms with Crippen LogP contribution in [0.15, 0.2) is 96.8 Å². The molecule has 7 heteroatoms. The highest BCUT2D eigenvalue weighted by atomic mass is 32.2. The van der Waals surface area contributed by atoms with Gasteiger partial charge in [-0.1, -0.05) is 93.6 Å². The summed E-state index contributed by atoms with van der Waals surface area (Å²) in [4.78, 5) is 2.77. The summed E-state index contributed by atoms with van der Waals surface area (Å²) in [6.45, 7) is 8.66. The Morgan fingerprint density at radius 3 is 1.87 bits per heavy atom. The SMILES string of the molecule is COC1=CCN([C@H](CO[Si](c2ccccc2)(c2ccccc2)C(C)(C)C)Cc2ccc(OC)cc2)C12CCC1(CC2)SCCS1. The Bertz CT molecular complexity index is 1390.